The summed E-state index contributed by atoms with van der Waals surface area (Å²) in [5.74, 6) is -0.0592. The molecule has 11 heteroatoms. The van der Waals surface area contributed by atoms with Crippen molar-refractivity contribution in [3.63, 3.8) is 0 Å². The van der Waals surface area contributed by atoms with Crippen LogP contribution in [-0.2, 0) is 25.4 Å². The Morgan fingerprint density at radius 2 is 2.00 bits per heavy atom. The topological polar surface area (TPSA) is 117 Å². The van der Waals surface area contributed by atoms with Crippen LogP contribution >= 0.6 is 11.3 Å². The fraction of sp³-hybridized carbons (Fsp3) is 0.500. The first-order chi connectivity index (χ1) is 12.8. The van der Waals surface area contributed by atoms with Crippen LogP contribution < -0.4 is 16.6 Å². The average Bonchev–Trinajstić information content (AvgIpc) is 3.25. The van der Waals surface area contributed by atoms with E-state index in [0.717, 1.165) is 22.4 Å². The molecule has 0 unspecified atom stereocenters. The van der Waals surface area contributed by atoms with E-state index in [-0.39, 0.29) is 23.6 Å². The van der Waals surface area contributed by atoms with E-state index < -0.39 is 11.2 Å². The second-order valence-corrected chi connectivity index (χ2v) is 7.44. The van der Waals surface area contributed by atoms with E-state index in [1.807, 2.05) is 0 Å². The number of nitrogens with one attached hydrogen (secondary N) is 1. The summed E-state index contributed by atoms with van der Waals surface area (Å²) in [6.45, 7) is 4.06. The van der Waals surface area contributed by atoms with E-state index in [1.54, 1.807) is 0 Å². The summed E-state index contributed by atoms with van der Waals surface area (Å²) in [7, 11) is 2.92. The van der Waals surface area contributed by atoms with Crippen molar-refractivity contribution in [3.8, 4) is 0 Å². The highest BCUT2D eigenvalue weighted by atomic mass is 32.1. The molecular weight excluding hydrogens is 370 g/mol. The third-order valence-electron chi connectivity index (χ3n) is 4.36. The van der Waals surface area contributed by atoms with Gasteiger partial charge in [-0.15, -0.1) is 10.2 Å². The van der Waals surface area contributed by atoms with Crippen molar-refractivity contribution in [2.75, 3.05) is 5.32 Å². The Bertz CT molecular complexity index is 1110. The lowest BCUT2D eigenvalue weighted by Gasteiger charge is -2.06. The SMILES string of the molecule is CCC[C@H](C)c1nnc(NC(=O)Cn2cnc3c2c(=O)n(C)c(=O)n3C)s1. The van der Waals surface area contributed by atoms with E-state index in [1.165, 1.54) is 40.9 Å². The zero-order valence-electron chi connectivity index (χ0n) is 15.6. The second kappa shape index (κ2) is 7.43. The van der Waals surface area contributed by atoms with Gasteiger partial charge in [-0.3, -0.25) is 24.0 Å². The van der Waals surface area contributed by atoms with Gasteiger partial charge in [-0.05, 0) is 6.42 Å². The van der Waals surface area contributed by atoms with Gasteiger partial charge in [0.1, 0.15) is 11.6 Å². The monoisotopic (exact) mass is 391 g/mol. The normalized spacial score (nSPS) is 12.4. The van der Waals surface area contributed by atoms with Gasteiger partial charge in [0, 0.05) is 20.0 Å². The van der Waals surface area contributed by atoms with E-state index in [9.17, 15) is 14.4 Å². The Hall–Kier alpha value is -2.82. The van der Waals surface area contributed by atoms with Gasteiger partial charge in [-0.25, -0.2) is 9.78 Å². The van der Waals surface area contributed by atoms with Crippen LogP contribution in [0.4, 0.5) is 5.13 Å². The van der Waals surface area contributed by atoms with E-state index in [2.05, 4.69) is 34.3 Å². The minimum atomic E-state index is -0.495. The molecule has 3 aromatic rings. The van der Waals surface area contributed by atoms with E-state index >= 15 is 0 Å². The molecule has 0 radical (unpaired) electrons. The van der Waals surface area contributed by atoms with Crippen LogP contribution in [-0.4, -0.2) is 34.8 Å². The van der Waals surface area contributed by atoms with Gasteiger partial charge in [-0.1, -0.05) is 31.6 Å². The van der Waals surface area contributed by atoms with Gasteiger partial charge in [0.25, 0.3) is 5.56 Å². The fourth-order valence-corrected chi connectivity index (χ4v) is 3.72. The Balaban J connectivity index is 1.81. The van der Waals surface area contributed by atoms with E-state index in [4.69, 9.17) is 0 Å². The lowest BCUT2D eigenvalue weighted by Crippen LogP contribution is -2.37. The number of imidazole rings is 1. The molecule has 1 atom stereocenters. The van der Waals surface area contributed by atoms with Gasteiger partial charge < -0.3 is 4.57 Å². The lowest BCUT2D eigenvalue weighted by atomic mass is 10.1. The molecular formula is C16H21N7O3S. The molecule has 0 spiro atoms. The Morgan fingerprint density at radius 1 is 1.26 bits per heavy atom. The van der Waals surface area contributed by atoms with Gasteiger partial charge in [0.05, 0.1) is 6.33 Å². The molecule has 0 bridgehead atoms. The number of anilines is 1. The summed E-state index contributed by atoms with van der Waals surface area (Å²) in [5.41, 5.74) is -0.526. The Labute approximate surface area is 158 Å². The molecule has 0 saturated heterocycles. The van der Waals surface area contributed by atoms with Crippen molar-refractivity contribution in [2.45, 2.75) is 39.2 Å². The predicted molar refractivity (Wildman–Crippen MR) is 102 cm³/mol. The zero-order valence-corrected chi connectivity index (χ0v) is 16.4. The molecule has 144 valence electrons. The summed E-state index contributed by atoms with van der Waals surface area (Å²) in [5, 5.41) is 12.1. The molecule has 1 N–H and O–H groups in total. The van der Waals surface area contributed by atoms with Gasteiger partial charge in [0.15, 0.2) is 11.2 Å². The highest BCUT2D eigenvalue weighted by molar-refractivity contribution is 7.15. The van der Waals surface area contributed by atoms with Crippen molar-refractivity contribution >= 4 is 33.5 Å². The predicted octanol–water partition coefficient (Wildman–Crippen LogP) is 0.827. The fourth-order valence-electron chi connectivity index (χ4n) is 2.87. The van der Waals surface area contributed by atoms with Crippen molar-refractivity contribution < 1.29 is 4.79 Å². The molecule has 0 aliphatic carbocycles. The number of rotatable bonds is 6. The van der Waals surface area contributed by atoms with E-state index in [0.29, 0.717) is 11.0 Å². The smallest absolute Gasteiger partial charge is 0.315 e. The molecule has 27 heavy (non-hydrogen) atoms. The highest BCUT2D eigenvalue weighted by Crippen LogP contribution is 2.26. The molecule has 3 heterocycles. The lowest BCUT2D eigenvalue weighted by molar-refractivity contribution is -0.116. The molecule has 0 aliphatic rings. The number of fused-ring (bicyclic) bond motifs is 1. The van der Waals surface area contributed by atoms with Gasteiger partial charge in [-0.2, -0.15) is 0 Å². The standard InChI is InChI=1S/C16H21N7O3S/c1-5-6-9(2)13-19-20-15(27-13)18-10(24)7-23-8-17-12-11(23)14(25)22(4)16(26)21(12)3/h8-9H,5-7H2,1-4H3,(H,18,20,24)/t9-/m0/s1. The average molecular weight is 391 g/mol. The molecule has 0 saturated carbocycles. The second-order valence-electron chi connectivity index (χ2n) is 6.43. The largest absolute Gasteiger partial charge is 0.332 e. The van der Waals surface area contributed by atoms with Gasteiger partial charge in [0.2, 0.25) is 11.0 Å². The third kappa shape index (κ3) is 3.54. The Morgan fingerprint density at radius 3 is 2.70 bits per heavy atom. The quantitative estimate of drug-likeness (QED) is 0.665. The first-order valence-electron chi connectivity index (χ1n) is 8.57. The van der Waals surface area contributed by atoms with Crippen molar-refractivity contribution in [1.82, 2.24) is 28.9 Å². The molecule has 0 aliphatic heterocycles. The van der Waals surface area contributed by atoms with Crippen molar-refractivity contribution in [2.24, 2.45) is 14.1 Å². The number of carbonyl (C=O) groups is 1. The number of amides is 1. The zero-order chi connectivity index (χ0) is 19.7. The van der Waals surface area contributed by atoms with Crippen LogP contribution in [0.3, 0.4) is 0 Å². The van der Waals surface area contributed by atoms with Crippen molar-refractivity contribution in [3.05, 3.63) is 32.2 Å². The minimum Gasteiger partial charge on any atom is -0.315 e. The van der Waals surface area contributed by atoms with Crippen LogP contribution in [0.1, 0.15) is 37.6 Å². The van der Waals surface area contributed by atoms with Crippen LogP contribution in [0.5, 0.6) is 0 Å². The van der Waals surface area contributed by atoms with Crippen LogP contribution in [0.25, 0.3) is 11.2 Å². The van der Waals surface area contributed by atoms with Crippen LogP contribution in [0.15, 0.2) is 15.9 Å². The number of carbonyl (C=O) groups excluding carboxylic acids is 1. The summed E-state index contributed by atoms with van der Waals surface area (Å²) >= 11 is 1.35. The molecule has 3 rings (SSSR count). The van der Waals surface area contributed by atoms with Crippen LogP contribution in [0.2, 0.25) is 0 Å². The molecule has 3 aromatic heterocycles. The maximum absolute atomic E-state index is 12.4. The number of hydrogen-bond acceptors (Lipinski definition) is 7. The van der Waals surface area contributed by atoms with Gasteiger partial charge >= 0.3 is 5.69 Å². The van der Waals surface area contributed by atoms with Crippen molar-refractivity contribution in [1.29, 1.82) is 0 Å². The maximum atomic E-state index is 12.4. The highest BCUT2D eigenvalue weighted by Gasteiger charge is 2.17. The summed E-state index contributed by atoms with van der Waals surface area (Å²) in [6.07, 6.45) is 3.43. The first-order valence-corrected chi connectivity index (χ1v) is 9.39. The summed E-state index contributed by atoms with van der Waals surface area (Å²) < 4.78 is 3.69. The molecule has 10 nitrogen and oxygen atoms in total. The minimum absolute atomic E-state index is 0.122. The third-order valence-corrected chi connectivity index (χ3v) is 5.43. The number of hydrogen-bond donors (Lipinski definition) is 1. The maximum Gasteiger partial charge on any atom is 0.332 e. The summed E-state index contributed by atoms with van der Waals surface area (Å²) in [6, 6.07) is 0. The first kappa shape index (κ1) is 19.0. The van der Waals surface area contributed by atoms with Crippen LogP contribution in [0, 0.1) is 0 Å². The molecule has 0 aromatic carbocycles. The Kier molecular flexibility index (Phi) is 5.22. The molecule has 1 amide bonds. The number of nitrogens with zero attached hydrogens (tertiary/aromatic N) is 6. The molecule has 0 fully saturated rings. The number of aryl methyl sites for hydroxylation is 1. The summed E-state index contributed by atoms with van der Waals surface area (Å²) in [4.78, 5) is 40.8. The number of aromatic nitrogens is 6.